The Balaban J connectivity index is 3.06. The minimum Gasteiger partial charge on any atom is -0.502 e. The van der Waals surface area contributed by atoms with Crippen molar-refractivity contribution in [3.8, 4) is 17.2 Å². The highest BCUT2D eigenvalue weighted by Gasteiger charge is 2.19. The number of phenols is 1. The van der Waals surface area contributed by atoms with Gasteiger partial charge < -0.3 is 19.5 Å². The van der Waals surface area contributed by atoms with E-state index in [1.807, 2.05) is 4.90 Å². The van der Waals surface area contributed by atoms with Crippen LogP contribution in [0.25, 0.3) is 0 Å². The monoisotopic (exact) mass is 309 g/mol. The van der Waals surface area contributed by atoms with Gasteiger partial charge in [-0.15, -0.1) is 0 Å². The molecule has 0 aliphatic carbocycles. The number of aromatic hydroxyl groups is 1. The SMILES string of the molecule is CCCCN(CCCC)C(=O)c1cc(OC)c(O)c(OC)c1. The van der Waals surface area contributed by atoms with Crippen LogP contribution in [0, 0.1) is 0 Å². The van der Waals surface area contributed by atoms with Crippen molar-refractivity contribution in [1.29, 1.82) is 0 Å². The number of hydrogen-bond acceptors (Lipinski definition) is 4. The molecule has 5 nitrogen and oxygen atoms in total. The van der Waals surface area contributed by atoms with E-state index in [4.69, 9.17) is 9.47 Å². The number of phenolic OH excluding ortho intramolecular Hbond substituents is 1. The first kappa shape index (κ1) is 18.1. The van der Waals surface area contributed by atoms with E-state index in [1.165, 1.54) is 14.2 Å². The summed E-state index contributed by atoms with van der Waals surface area (Å²) in [4.78, 5) is 14.6. The predicted molar refractivity (Wildman–Crippen MR) is 86.9 cm³/mol. The lowest BCUT2D eigenvalue weighted by atomic mass is 10.1. The Kier molecular flexibility index (Phi) is 7.57. The van der Waals surface area contributed by atoms with Crippen LogP contribution in [-0.4, -0.2) is 43.2 Å². The molecule has 124 valence electrons. The van der Waals surface area contributed by atoms with Crippen LogP contribution < -0.4 is 9.47 Å². The van der Waals surface area contributed by atoms with Gasteiger partial charge in [0.25, 0.3) is 5.91 Å². The van der Waals surface area contributed by atoms with Gasteiger partial charge in [0, 0.05) is 18.7 Å². The Labute approximate surface area is 132 Å². The van der Waals surface area contributed by atoms with Gasteiger partial charge in [0.05, 0.1) is 14.2 Å². The zero-order chi connectivity index (χ0) is 16.5. The predicted octanol–water partition coefficient (Wildman–Crippen LogP) is 3.45. The molecule has 0 bridgehead atoms. The van der Waals surface area contributed by atoms with Gasteiger partial charge in [0.2, 0.25) is 5.75 Å². The van der Waals surface area contributed by atoms with Crippen LogP contribution >= 0.6 is 0 Å². The van der Waals surface area contributed by atoms with Crippen molar-refractivity contribution in [1.82, 2.24) is 4.90 Å². The highest BCUT2D eigenvalue weighted by molar-refractivity contribution is 5.95. The number of amides is 1. The molecule has 0 atom stereocenters. The lowest BCUT2D eigenvalue weighted by molar-refractivity contribution is 0.0750. The molecule has 0 saturated carbocycles. The normalized spacial score (nSPS) is 10.4. The molecular formula is C17H27NO4. The Morgan fingerprint density at radius 2 is 1.50 bits per heavy atom. The van der Waals surface area contributed by atoms with Crippen molar-refractivity contribution in [2.24, 2.45) is 0 Å². The topological polar surface area (TPSA) is 59.0 Å². The van der Waals surface area contributed by atoms with E-state index in [-0.39, 0.29) is 23.2 Å². The maximum Gasteiger partial charge on any atom is 0.254 e. The first-order valence-electron chi connectivity index (χ1n) is 7.83. The Morgan fingerprint density at radius 1 is 1.05 bits per heavy atom. The van der Waals surface area contributed by atoms with Crippen molar-refractivity contribution in [2.75, 3.05) is 27.3 Å². The number of methoxy groups -OCH3 is 2. The van der Waals surface area contributed by atoms with Gasteiger partial charge >= 0.3 is 0 Å². The Bertz CT molecular complexity index is 455. The summed E-state index contributed by atoms with van der Waals surface area (Å²) in [7, 11) is 2.91. The van der Waals surface area contributed by atoms with Gasteiger partial charge in [0.15, 0.2) is 11.5 Å². The maximum atomic E-state index is 12.7. The molecule has 5 heteroatoms. The Morgan fingerprint density at radius 3 is 1.86 bits per heavy atom. The molecule has 22 heavy (non-hydrogen) atoms. The van der Waals surface area contributed by atoms with Crippen molar-refractivity contribution in [2.45, 2.75) is 39.5 Å². The molecular weight excluding hydrogens is 282 g/mol. The number of carbonyl (C=O) groups is 1. The van der Waals surface area contributed by atoms with Gasteiger partial charge in [-0.25, -0.2) is 0 Å². The van der Waals surface area contributed by atoms with Gasteiger partial charge in [0.1, 0.15) is 0 Å². The number of carbonyl (C=O) groups excluding carboxylic acids is 1. The van der Waals surface area contributed by atoms with Crippen LogP contribution in [-0.2, 0) is 0 Å². The third-order valence-corrected chi connectivity index (χ3v) is 3.58. The van der Waals surface area contributed by atoms with E-state index in [0.717, 1.165) is 38.8 Å². The molecule has 0 fully saturated rings. The molecule has 0 spiro atoms. The van der Waals surface area contributed by atoms with Crippen molar-refractivity contribution < 1.29 is 19.4 Å². The number of hydrogen-bond donors (Lipinski definition) is 1. The van der Waals surface area contributed by atoms with E-state index in [2.05, 4.69) is 13.8 Å². The van der Waals surface area contributed by atoms with Crippen molar-refractivity contribution >= 4 is 5.91 Å². The zero-order valence-corrected chi connectivity index (χ0v) is 14.0. The molecule has 1 aromatic carbocycles. The molecule has 0 saturated heterocycles. The molecule has 0 aliphatic rings. The van der Waals surface area contributed by atoms with Gasteiger partial charge in [-0.05, 0) is 25.0 Å². The molecule has 0 heterocycles. The molecule has 0 unspecified atom stereocenters. The summed E-state index contributed by atoms with van der Waals surface area (Å²) in [6, 6.07) is 3.12. The molecule has 0 aromatic heterocycles. The van der Waals surface area contributed by atoms with Crippen molar-refractivity contribution in [3.05, 3.63) is 17.7 Å². The number of nitrogens with zero attached hydrogens (tertiary/aromatic N) is 1. The van der Waals surface area contributed by atoms with Crippen LogP contribution in [0.3, 0.4) is 0 Å². The minimum atomic E-state index is -0.0878. The molecule has 0 radical (unpaired) electrons. The van der Waals surface area contributed by atoms with Crippen molar-refractivity contribution in [3.63, 3.8) is 0 Å². The average Bonchev–Trinajstić information content (AvgIpc) is 2.54. The van der Waals surface area contributed by atoms with Gasteiger partial charge in [-0.1, -0.05) is 26.7 Å². The standard InChI is InChI=1S/C17H27NO4/c1-5-7-9-18(10-8-6-2)17(20)13-11-14(21-3)16(19)15(12-13)22-4/h11-12,19H,5-10H2,1-4H3. The molecule has 1 rings (SSSR count). The molecule has 1 amide bonds. The van der Waals surface area contributed by atoms with Gasteiger partial charge in [-0.2, -0.15) is 0 Å². The second-order valence-corrected chi connectivity index (χ2v) is 5.23. The van der Waals surface area contributed by atoms with Crippen LogP contribution in [0.2, 0.25) is 0 Å². The smallest absolute Gasteiger partial charge is 0.254 e. The van der Waals surface area contributed by atoms with E-state index < -0.39 is 0 Å². The lowest BCUT2D eigenvalue weighted by Gasteiger charge is -2.23. The summed E-state index contributed by atoms with van der Waals surface area (Å²) in [5.41, 5.74) is 0.471. The zero-order valence-electron chi connectivity index (χ0n) is 14.0. The fraction of sp³-hybridized carbons (Fsp3) is 0.588. The summed E-state index contributed by atoms with van der Waals surface area (Å²) in [6.07, 6.45) is 4.03. The summed E-state index contributed by atoms with van der Waals surface area (Å²) >= 11 is 0. The quantitative estimate of drug-likeness (QED) is 0.759. The second kappa shape index (κ2) is 9.18. The van der Waals surface area contributed by atoms with E-state index in [9.17, 15) is 9.90 Å². The van der Waals surface area contributed by atoms with E-state index in [1.54, 1.807) is 12.1 Å². The molecule has 1 aromatic rings. The number of rotatable bonds is 9. The first-order valence-corrected chi connectivity index (χ1v) is 7.83. The average molecular weight is 309 g/mol. The number of benzene rings is 1. The number of unbranched alkanes of at least 4 members (excludes halogenated alkanes) is 2. The summed E-state index contributed by atoms with van der Waals surface area (Å²) < 4.78 is 10.2. The van der Waals surface area contributed by atoms with Crippen LogP contribution in [0.4, 0.5) is 0 Å². The summed E-state index contributed by atoms with van der Waals surface area (Å²) in [5.74, 6) is 0.344. The van der Waals surface area contributed by atoms with E-state index in [0.29, 0.717) is 5.56 Å². The third kappa shape index (κ3) is 4.55. The highest BCUT2D eigenvalue weighted by atomic mass is 16.5. The molecule has 0 aliphatic heterocycles. The number of ether oxygens (including phenoxy) is 2. The molecule has 1 N–H and O–H groups in total. The minimum absolute atomic E-state index is 0.0569. The van der Waals surface area contributed by atoms with Crippen LogP contribution in [0.15, 0.2) is 12.1 Å². The Hall–Kier alpha value is -1.91. The van der Waals surface area contributed by atoms with Crippen LogP contribution in [0.1, 0.15) is 49.9 Å². The highest BCUT2D eigenvalue weighted by Crippen LogP contribution is 2.37. The van der Waals surface area contributed by atoms with Crippen LogP contribution in [0.5, 0.6) is 17.2 Å². The first-order chi connectivity index (χ1) is 10.6. The third-order valence-electron chi connectivity index (χ3n) is 3.58. The largest absolute Gasteiger partial charge is 0.502 e. The van der Waals surface area contributed by atoms with Gasteiger partial charge in [-0.3, -0.25) is 4.79 Å². The lowest BCUT2D eigenvalue weighted by Crippen LogP contribution is -2.33. The van der Waals surface area contributed by atoms with E-state index >= 15 is 0 Å². The fourth-order valence-electron chi connectivity index (χ4n) is 2.21. The fourth-order valence-corrected chi connectivity index (χ4v) is 2.21. The second-order valence-electron chi connectivity index (χ2n) is 5.23. The summed E-state index contributed by atoms with van der Waals surface area (Å²) in [6.45, 7) is 5.69. The summed E-state index contributed by atoms with van der Waals surface area (Å²) in [5, 5.41) is 9.94. The maximum absolute atomic E-state index is 12.7.